The van der Waals surface area contributed by atoms with Crippen LogP contribution in [0, 0.1) is 0 Å². The van der Waals surface area contributed by atoms with E-state index in [-0.39, 0.29) is 30.3 Å². The Morgan fingerprint density at radius 2 is 1.89 bits per heavy atom. The standard InChI is InChI=1S/C32H38F3N7O3/c1-5-31(6-2)26-20(8-7-9-24(26)39-29(31)44)17-36-27-22(32(33,34)35)18-37-30(41-27)40-23-11-10-19(16-25(23)45-4)28(43)38-21-12-14-42(3)15-13-21/h7-11,16,18,21H,5-6,12-15,17H2,1-4H3,(H,38,43)(H,39,44)(H2,36,37,40,41). The van der Waals surface area contributed by atoms with Crippen molar-refractivity contribution in [2.24, 2.45) is 0 Å². The summed E-state index contributed by atoms with van der Waals surface area (Å²) in [4.78, 5) is 36.1. The molecule has 2 aliphatic rings. The molecule has 2 aromatic carbocycles. The van der Waals surface area contributed by atoms with Gasteiger partial charge in [0.2, 0.25) is 11.9 Å². The van der Waals surface area contributed by atoms with Gasteiger partial charge in [0.15, 0.2) is 0 Å². The predicted octanol–water partition coefficient (Wildman–Crippen LogP) is 5.69. The topological polar surface area (TPSA) is 121 Å². The van der Waals surface area contributed by atoms with Crippen molar-refractivity contribution in [3.63, 3.8) is 0 Å². The summed E-state index contributed by atoms with van der Waals surface area (Å²) in [5.74, 6) is -0.554. The number of ether oxygens (including phenoxy) is 1. The molecule has 1 saturated heterocycles. The minimum atomic E-state index is -4.71. The smallest absolute Gasteiger partial charge is 0.421 e. The summed E-state index contributed by atoms with van der Waals surface area (Å²) in [6, 6.07) is 10.2. The van der Waals surface area contributed by atoms with Crippen molar-refractivity contribution in [1.29, 1.82) is 0 Å². The van der Waals surface area contributed by atoms with Gasteiger partial charge >= 0.3 is 6.18 Å². The highest BCUT2D eigenvalue weighted by Gasteiger charge is 2.45. The number of alkyl halides is 3. The van der Waals surface area contributed by atoms with Crippen LogP contribution in [0.4, 0.5) is 36.3 Å². The fourth-order valence-corrected chi connectivity index (χ4v) is 6.14. The molecule has 0 unspecified atom stereocenters. The molecule has 2 aliphatic heterocycles. The Labute approximate surface area is 260 Å². The Morgan fingerprint density at radius 1 is 1.16 bits per heavy atom. The first kappa shape index (κ1) is 32.0. The number of nitrogens with one attached hydrogen (secondary N) is 4. The summed E-state index contributed by atoms with van der Waals surface area (Å²) in [5, 5.41) is 11.8. The third-order valence-electron chi connectivity index (χ3n) is 8.82. The monoisotopic (exact) mass is 625 g/mol. The third-order valence-corrected chi connectivity index (χ3v) is 8.82. The van der Waals surface area contributed by atoms with Crippen molar-refractivity contribution in [1.82, 2.24) is 20.2 Å². The molecule has 1 fully saturated rings. The van der Waals surface area contributed by atoms with Crippen LogP contribution in [0.15, 0.2) is 42.6 Å². The number of fused-ring (bicyclic) bond motifs is 1. The Morgan fingerprint density at radius 3 is 2.56 bits per heavy atom. The number of halogens is 3. The number of amides is 2. The number of rotatable bonds is 10. The van der Waals surface area contributed by atoms with Gasteiger partial charge in [-0.05, 0) is 81.2 Å². The molecule has 5 rings (SSSR count). The highest BCUT2D eigenvalue weighted by molar-refractivity contribution is 6.06. The largest absolute Gasteiger partial charge is 0.495 e. The zero-order valence-electron chi connectivity index (χ0n) is 25.8. The molecule has 0 bridgehead atoms. The van der Waals surface area contributed by atoms with E-state index < -0.39 is 23.0 Å². The zero-order valence-corrected chi connectivity index (χ0v) is 25.8. The number of carbonyl (C=O) groups is 2. The van der Waals surface area contributed by atoms with Gasteiger partial charge in [0.1, 0.15) is 17.1 Å². The Kier molecular flexibility index (Phi) is 9.19. The molecule has 3 aromatic rings. The van der Waals surface area contributed by atoms with Crippen molar-refractivity contribution in [3.05, 3.63) is 64.8 Å². The molecule has 2 amide bonds. The number of nitrogens with zero attached hydrogens (tertiary/aromatic N) is 3. The summed E-state index contributed by atoms with van der Waals surface area (Å²) in [5.41, 5.74) is 1.14. The number of likely N-dealkylation sites (tertiary alicyclic amines) is 1. The Bertz CT molecular complexity index is 1570. The number of piperidine rings is 1. The molecule has 1 aromatic heterocycles. The van der Waals surface area contributed by atoms with Gasteiger partial charge < -0.3 is 30.9 Å². The Balaban J connectivity index is 1.37. The van der Waals surface area contributed by atoms with Crippen molar-refractivity contribution >= 4 is 35.0 Å². The molecule has 4 N–H and O–H groups in total. The van der Waals surface area contributed by atoms with Gasteiger partial charge in [-0.25, -0.2) is 4.98 Å². The van der Waals surface area contributed by atoms with Gasteiger partial charge in [-0.1, -0.05) is 26.0 Å². The lowest BCUT2D eigenvalue weighted by atomic mass is 9.75. The lowest BCUT2D eigenvalue weighted by Gasteiger charge is -2.29. The molecule has 0 atom stereocenters. The maximum absolute atomic E-state index is 14.0. The first-order chi connectivity index (χ1) is 21.5. The second-order valence-electron chi connectivity index (χ2n) is 11.5. The summed E-state index contributed by atoms with van der Waals surface area (Å²) in [7, 11) is 3.48. The van der Waals surface area contributed by atoms with Crippen LogP contribution in [-0.4, -0.2) is 60.0 Å². The third kappa shape index (κ3) is 6.53. The lowest BCUT2D eigenvalue weighted by Crippen LogP contribution is -2.43. The summed E-state index contributed by atoms with van der Waals surface area (Å²) in [6.45, 7) is 5.67. The maximum atomic E-state index is 14.0. The SMILES string of the molecule is CCC1(CC)C(=O)Nc2cccc(CNc3nc(Nc4ccc(C(=O)NC5CCN(C)CC5)cc4OC)ncc3C(F)(F)F)c21. The highest BCUT2D eigenvalue weighted by atomic mass is 19.4. The second-order valence-corrected chi connectivity index (χ2v) is 11.5. The van der Waals surface area contributed by atoms with Crippen molar-refractivity contribution < 1.29 is 27.5 Å². The molecular weight excluding hydrogens is 587 g/mol. The molecule has 0 spiro atoms. The number of hydrogen-bond acceptors (Lipinski definition) is 8. The minimum absolute atomic E-state index is 0.00380. The zero-order chi connectivity index (χ0) is 32.4. The van der Waals surface area contributed by atoms with E-state index in [9.17, 15) is 22.8 Å². The van der Waals surface area contributed by atoms with Crippen LogP contribution in [-0.2, 0) is 22.9 Å². The molecule has 240 valence electrons. The van der Waals surface area contributed by atoms with Gasteiger partial charge in [0, 0.05) is 30.0 Å². The highest BCUT2D eigenvalue weighted by Crippen LogP contribution is 2.45. The minimum Gasteiger partial charge on any atom is -0.495 e. The quantitative estimate of drug-likeness (QED) is 0.227. The van der Waals surface area contributed by atoms with Gasteiger partial charge in [-0.3, -0.25) is 9.59 Å². The van der Waals surface area contributed by atoms with Crippen LogP contribution < -0.4 is 26.0 Å². The molecule has 3 heterocycles. The van der Waals surface area contributed by atoms with Gasteiger partial charge in [0.25, 0.3) is 5.91 Å². The first-order valence-electron chi connectivity index (χ1n) is 15.1. The van der Waals surface area contributed by atoms with Crippen LogP contribution in [0.1, 0.15) is 66.6 Å². The summed E-state index contributed by atoms with van der Waals surface area (Å²) >= 11 is 0. The van der Waals surface area contributed by atoms with Crippen LogP contribution in [0.3, 0.4) is 0 Å². The van der Waals surface area contributed by atoms with E-state index in [2.05, 4.69) is 36.1 Å². The molecule has 10 nitrogen and oxygen atoms in total. The lowest BCUT2D eigenvalue weighted by molar-refractivity contribution is -0.137. The predicted molar refractivity (Wildman–Crippen MR) is 166 cm³/mol. The molecule has 13 heteroatoms. The van der Waals surface area contributed by atoms with E-state index in [1.165, 1.54) is 7.11 Å². The van der Waals surface area contributed by atoms with E-state index >= 15 is 0 Å². The van der Waals surface area contributed by atoms with Crippen LogP contribution in [0.5, 0.6) is 5.75 Å². The van der Waals surface area contributed by atoms with E-state index in [0.717, 1.165) is 37.7 Å². The summed E-state index contributed by atoms with van der Waals surface area (Å²) in [6.07, 6.45) is -1.17. The molecule has 0 aliphatic carbocycles. The fourth-order valence-electron chi connectivity index (χ4n) is 6.14. The van der Waals surface area contributed by atoms with Crippen molar-refractivity contribution in [2.45, 2.75) is 63.7 Å². The summed E-state index contributed by atoms with van der Waals surface area (Å²) < 4.78 is 47.5. The van der Waals surface area contributed by atoms with Gasteiger partial charge in [-0.15, -0.1) is 0 Å². The average Bonchev–Trinajstić information content (AvgIpc) is 3.32. The molecule has 45 heavy (non-hydrogen) atoms. The van der Waals surface area contributed by atoms with E-state index in [1.54, 1.807) is 36.4 Å². The number of aromatic nitrogens is 2. The van der Waals surface area contributed by atoms with E-state index in [4.69, 9.17) is 4.74 Å². The second kappa shape index (κ2) is 12.9. The Hall–Kier alpha value is -4.39. The molecular formula is C32H38F3N7O3. The van der Waals surface area contributed by atoms with Crippen LogP contribution >= 0.6 is 0 Å². The number of hydrogen-bond donors (Lipinski definition) is 4. The molecule has 0 radical (unpaired) electrons. The van der Waals surface area contributed by atoms with E-state index in [0.29, 0.717) is 41.1 Å². The number of benzene rings is 2. The number of anilines is 4. The molecule has 0 saturated carbocycles. The number of methoxy groups -OCH3 is 1. The van der Waals surface area contributed by atoms with Crippen molar-refractivity contribution in [2.75, 3.05) is 43.2 Å². The first-order valence-corrected chi connectivity index (χ1v) is 15.1. The van der Waals surface area contributed by atoms with Gasteiger partial charge in [0.05, 0.1) is 18.2 Å². The van der Waals surface area contributed by atoms with Crippen LogP contribution in [0.25, 0.3) is 0 Å². The number of carbonyl (C=O) groups excluding carboxylic acids is 2. The van der Waals surface area contributed by atoms with E-state index in [1.807, 2.05) is 20.9 Å². The van der Waals surface area contributed by atoms with Gasteiger partial charge in [-0.2, -0.15) is 18.2 Å². The fraction of sp³-hybridized carbons (Fsp3) is 0.438. The van der Waals surface area contributed by atoms with Crippen LogP contribution in [0.2, 0.25) is 0 Å². The normalized spacial score (nSPS) is 16.6. The average molecular weight is 626 g/mol. The van der Waals surface area contributed by atoms with Crippen molar-refractivity contribution in [3.8, 4) is 5.75 Å². The maximum Gasteiger partial charge on any atom is 0.421 e.